The largest absolute Gasteiger partial charge is 0.493 e. The van der Waals surface area contributed by atoms with Crippen LogP contribution in [0.2, 0.25) is 0 Å². The normalized spacial score (nSPS) is 13.4. The lowest BCUT2D eigenvalue weighted by atomic mass is 10.0. The average molecular weight is 365 g/mol. The third-order valence-electron chi connectivity index (χ3n) is 5.18. The molecule has 0 fully saturated rings. The highest BCUT2D eigenvalue weighted by molar-refractivity contribution is 5.38. The third-order valence-corrected chi connectivity index (χ3v) is 5.18. The van der Waals surface area contributed by atoms with Crippen LogP contribution >= 0.6 is 0 Å². The molecular formula is C23H40O3. The van der Waals surface area contributed by atoms with E-state index in [0.29, 0.717) is 11.8 Å². The molecule has 0 radical (unpaired) electrons. The van der Waals surface area contributed by atoms with Gasteiger partial charge in [-0.15, -0.1) is 0 Å². The van der Waals surface area contributed by atoms with E-state index in [2.05, 4.69) is 27.7 Å². The van der Waals surface area contributed by atoms with Crippen LogP contribution in [0.4, 0.5) is 0 Å². The second kappa shape index (κ2) is 13.9. The van der Waals surface area contributed by atoms with Crippen molar-refractivity contribution in [3.05, 3.63) is 23.8 Å². The molecule has 26 heavy (non-hydrogen) atoms. The van der Waals surface area contributed by atoms with Gasteiger partial charge in [-0.1, -0.05) is 66.2 Å². The number of hydrogen-bond acceptors (Lipinski definition) is 3. The van der Waals surface area contributed by atoms with Crippen molar-refractivity contribution in [1.29, 1.82) is 0 Å². The number of hydrogen-bond donors (Lipinski definition) is 1. The molecule has 1 aromatic rings. The van der Waals surface area contributed by atoms with E-state index in [4.69, 9.17) is 9.47 Å². The number of rotatable bonds is 15. The summed E-state index contributed by atoms with van der Waals surface area (Å²) in [5, 5.41) is 9.55. The summed E-state index contributed by atoms with van der Waals surface area (Å²) in [5.41, 5.74) is 0.848. The average Bonchev–Trinajstić information content (AvgIpc) is 2.68. The molecule has 150 valence electrons. The van der Waals surface area contributed by atoms with Gasteiger partial charge < -0.3 is 14.6 Å². The topological polar surface area (TPSA) is 38.7 Å². The van der Waals surface area contributed by atoms with Crippen molar-refractivity contribution in [2.75, 3.05) is 13.2 Å². The fourth-order valence-corrected chi connectivity index (χ4v) is 3.11. The number of benzene rings is 1. The Balaban J connectivity index is 2.65. The van der Waals surface area contributed by atoms with Gasteiger partial charge in [-0.25, -0.2) is 0 Å². The van der Waals surface area contributed by atoms with E-state index in [1.807, 2.05) is 18.2 Å². The van der Waals surface area contributed by atoms with Crippen LogP contribution in [0.1, 0.15) is 84.6 Å². The predicted octanol–water partition coefficient (Wildman–Crippen LogP) is 6.37. The van der Waals surface area contributed by atoms with E-state index in [1.165, 1.54) is 38.5 Å². The highest BCUT2D eigenvalue weighted by Gasteiger charge is 2.11. The predicted molar refractivity (Wildman–Crippen MR) is 110 cm³/mol. The molecule has 0 spiro atoms. The summed E-state index contributed by atoms with van der Waals surface area (Å²) in [6.07, 6.45) is 9.66. The van der Waals surface area contributed by atoms with E-state index in [0.717, 1.165) is 43.1 Å². The van der Waals surface area contributed by atoms with Crippen molar-refractivity contribution in [3.8, 4) is 11.5 Å². The second-order valence-electron chi connectivity index (χ2n) is 7.43. The van der Waals surface area contributed by atoms with Crippen molar-refractivity contribution >= 4 is 0 Å². The summed E-state index contributed by atoms with van der Waals surface area (Å²) in [4.78, 5) is 0. The van der Waals surface area contributed by atoms with Gasteiger partial charge in [0, 0.05) is 6.07 Å². The molecule has 0 saturated carbocycles. The van der Waals surface area contributed by atoms with Crippen molar-refractivity contribution in [1.82, 2.24) is 0 Å². The van der Waals surface area contributed by atoms with E-state index >= 15 is 0 Å². The van der Waals surface area contributed by atoms with Crippen molar-refractivity contribution < 1.29 is 14.6 Å². The monoisotopic (exact) mass is 364 g/mol. The van der Waals surface area contributed by atoms with Gasteiger partial charge in [-0.05, 0) is 42.4 Å². The Kier molecular flexibility index (Phi) is 12.2. The van der Waals surface area contributed by atoms with Gasteiger partial charge in [0.05, 0.1) is 19.8 Å². The molecule has 0 unspecified atom stereocenters. The molecule has 0 bridgehead atoms. The summed E-state index contributed by atoms with van der Waals surface area (Å²) in [6, 6.07) is 5.82. The smallest absolute Gasteiger partial charge is 0.123 e. The molecule has 1 N–H and O–H groups in total. The number of ether oxygens (including phenoxy) is 2. The van der Waals surface area contributed by atoms with E-state index in [1.54, 1.807) is 0 Å². The zero-order chi connectivity index (χ0) is 19.2. The molecule has 0 amide bonds. The molecule has 0 aromatic heterocycles. The minimum Gasteiger partial charge on any atom is -0.493 e. The van der Waals surface area contributed by atoms with Gasteiger partial charge in [0.1, 0.15) is 11.5 Å². The number of aliphatic hydroxyl groups is 1. The van der Waals surface area contributed by atoms with Gasteiger partial charge in [-0.3, -0.25) is 0 Å². The first-order valence-electron chi connectivity index (χ1n) is 10.7. The highest BCUT2D eigenvalue weighted by Crippen LogP contribution is 2.26. The fraction of sp³-hybridized carbons (Fsp3) is 0.739. The van der Waals surface area contributed by atoms with Gasteiger partial charge in [0.25, 0.3) is 0 Å². The van der Waals surface area contributed by atoms with Crippen molar-refractivity contribution in [2.24, 2.45) is 11.8 Å². The molecule has 1 rings (SSSR count). The quantitative estimate of drug-likeness (QED) is 0.393. The third kappa shape index (κ3) is 8.93. The van der Waals surface area contributed by atoms with Gasteiger partial charge >= 0.3 is 0 Å². The summed E-state index contributed by atoms with van der Waals surface area (Å²) in [5.74, 6) is 2.80. The van der Waals surface area contributed by atoms with Gasteiger partial charge in [0.15, 0.2) is 0 Å². The lowest BCUT2D eigenvalue weighted by Gasteiger charge is -2.18. The summed E-state index contributed by atoms with van der Waals surface area (Å²) < 4.78 is 12.1. The zero-order valence-electron chi connectivity index (χ0n) is 17.4. The van der Waals surface area contributed by atoms with Crippen molar-refractivity contribution in [3.63, 3.8) is 0 Å². The maximum atomic E-state index is 9.55. The minimum atomic E-state index is 0.00758. The Morgan fingerprint density at radius 3 is 1.58 bits per heavy atom. The Morgan fingerprint density at radius 2 is 1.23 bits per heavy atom. The first-order chi connectivity index (χ1) is 12.7. The Bertz CT molecular complexity index is 434. The summed E-state index contributed by atoms with van der Waals surface area (Å²) >= 11 is 0. The maximum Gasteiger partial charge on any atom is 0.123 e. The molecule has 0 heterocycles. The number of aliphatic hydroxyl groups excluding tert-OH is 1. The Hall–Kier alpha value is -1.22. The van der Waals surface area contributed by atoms with Crippen LogP contribution in [0.3, 0.4) is 0 Å². The second-order valence-corrected chi connectivity index (χ2v) is 7.43. The molecule has 3 nitrogen and oxygen atoms in total. The molecule has 0 aliphatic heterocycles. The van der Waals surface area contributed by atoms with E-state index < -0.39 is 0 Å². The lowest BCUT2D eigenvalue weighted by Crippen LogP contribution is -2.13. The molecular weight excluding hydrogens is 324 g/mol. The first kappa shape index (κ1) is 22.8. The van der Waals surface area contributed by atoms with Crippen molar-refractivity contribution in [2.45, 2.75) is 85.7 Å². The maximum absolute atomic E-state index is 9.55. The van der Waals surface area contributed by atoms with Crippen LogP contribution < -0.4 is 9.47 Å². The fourth-order valence-electron chi connectivity index (χ4n) is 3.11. The standard InChI is InChI=1S/C23H40O3/c1-5-9-11-19(7-3)17-25-22-13-21(16-24)14-23(15-22)26-18-20(8-4)12-10-6-2/h13-15,19-20,24H,5-12,16-18H2,1-4H3/t19-,20-/m1/s1. The number of unbranched alkanes of at least 4 members (excludes halogenated alkanes) is 2. The van der Waals surface area contributed by atoms with Gasteiger partial charge in [0.2, 0.25) is 0 Å². The molecule has 0 saturated heterocycles. The van der Waals surface area contributed by atoms with E-state index in [-0.39, 0.29) is 6.61 Å². The molecule has 3 heteroatoms. The van der Waals surface area contributed by atoms with Crippen LogP contribution in [-0.2, 0) is 6.61 Å². The lowest BCUT2D eigenvalue weighted by molar-refractivity contribution is 0.221. The van der Waals surface area contributed by atoms with E-state index in [9.17, 15) is 5.11 Å². The summed E-state index contributed by atoms with van der Waals surface area (Å²) in [7, 11) is 0. The van der Waals surface area contributed by atoms with Crippen LogP contribution in [0, 0.1) is 11.8 Å². The molecule has 2 atom stereocenters. The highest BCUT2D eigenvalue weighted by atomic mass is 16.5. The Labute approximate surface area is 161 Å². The van der Waals surface area contributed by atoms with Crippen LogP contribution in [0.5, 0.6) is 11.5 Å². The SMILES string of the molecule is CCCC[C@@H](CC)COc1cc(CO)cc(OC[C@H](CC)CCCC)c1. The molecule has 0 aliphatic carbocycles. The Morgan fingerprint density at radius 1 is 0.769 bits per heavy atom. The molecule has 0 aliphatic rings. The van der Waals surface area contributed by atoms with Gasteiger partial charge in [-0.2, -0.15) is 0 Å². The minimum absolute atomic E-state index is 0.00758. The first-order valence-corrected chi connectivity index (χ1v) is 10.7. The summed E-state index contributed by atoms with van der Waals surface area (Å²) in [6.45, 7) is 10.4. The van der Waals surface area contributed by atoms with Crippen LogP contribution in [0.15, 0.2) is 18.2 Å². The molecule has 1 aromatic carbocycles. The van der Waals surface area contributed by atoms with Crippen LogP contribution in [-0.4, -0.2) is 18.3 Å². The van der Waals surface area contributed by atoms with Crippen LogP contribution in [0.25, 0.3) is 0 Å². The zero-order valence-corrected chi connectivity index (χ0v) is 17.4.